The van der Waals surface area contributed by atoms with Crippen molar-refractivity contribution in [3.63, 3.8) is 0 Å². The monoisotopic (exact) mass is 279 g/mol. The van der Waals surface area contributed by atoms with E-state index in [0.717, 1.165) is 44.9 Å². The molecule has 1 saturated heterocycles. The lowest BCUT2D eigenvalue weighted by atomic mass is 10.1. The van der Waals surface area contributed by atoms with Crippen LogP contribution in [0.15, 0.2) is 12.3 Å². The van der Waals surface area contributed by atoms with E-state index in [2.05, 4.69) is 28.2 Å². The maximum Gasteiger partial charge on any atom is 0.131 e. The zero-order valence-electron chi connectivity index (χ0n) is 12.4. The molecule has 0 spiro atoms. The second-order valence-electron chi connectivity index (χ2n) is 5.33. The third-order valence-electron chi connectivity index (χ3n) is 3.78. The smallest absolute Gasteiger partial charge is 0.131 e. The summed E-state index contributed by atoms with van der Waals surface area (Å²) >= 11 is 0. The number of ether oxygens (including phenoxy) is 1. The normalized spacial score (nSPS) is 18.8. The maximum absolute atomic E-state index is 9.42. The first-order chi connectivity index (χ1) is 9.76. The van der Waals surface area contributed by atoms with E-state index < -0.39 is 0 Å². The highest BCUT2D eigenvalue weighted by atomic mass is 16.5. The summed E-state index contributed by atoms with van der Waals surface area (Å²) in [4.78, 5) is 6.83. The molecule has 1 unspecified atom stereocenters. The molecule has 1 atom stereocenters. The zero-order chi connectivity index (χ0) is 14.4. The first kappa shape index (κ1) is 15.2. The Kier molecular flexibility index (Phi) is 5.76. The maximum atomic E-state index is 9.42. The van der Waals surface area contributed by atoms with Crippen molar-refractivity contribution in [2.75, 3.05) is 38.3 Å². The fourth-order valence-electron chi connectivity index (χ4n) is 2.73. The molecule has 0 aliphatic carbocycles. The number of nitrogens with one attached hydrogen (secondary N) is 1. The molecule has 5 heteroatoms. The molecule has 0 radical (unpaired) electrons. The van der Waals surface area contributed by atoms with Crippen molar-refractivity contribution < 1.29 is 9.84 Å². The molecule has 1 aliphatic heterocycles. The van der Waals surface area contributed by atoms with E-state index in [-0.39, 0.29) is 12.6 Å². The number of hydrogen-bond donors (Lipinski definition) is 2. The number of rotatable bonds is 7. The number of aliphatic hydroxyl groups excluding tert-OH is 1. The SMILES string of the molecule is COCCNCc1cnc(N2CCCC2CO)c(C)c1. The Labute approximate surface area is 121 Å². The molecule has 2 rings (SSSR count). The molecule has 2 N–H and O–H groups in total. The quantitative estimate of drug-likeness (QED) is 0.732. The van der Waals surface area contributed by atoms with Crippen molar-refractivity contribution >= 4 is 5.82 Å². The third kappa shape index (κ3) is 3.69. The van der Waals surface area contributed by atoms with E-state index in [1.807, 2.05) is 6.20 Å². The Bertz CT molecular complexity index is 426. The number of methoxy groups -OCH3 is 1. The molecule has 1 aliphatic rings. The van der Waals surface area contributed by atoms with Gasteiger partial charge >= 0.3 is 0 Å². The standard InChI is InChI=1S/C15H25N3O2/c1-12-8-13(9-16-5-7-20-2)10-17-15(12)18-6-3-4-14(18)11-19/h8,10,14,16,19H,3-7,9,11H2,1-2H3. The minimum atomic E-state index is 0.210. The van der Waals surface area contributed by atoms with Gasteiger partial charge in [-0.25, -0.2) is 4.98 Å². The van der Waals surface area contributed by atoms with Crippen molar-refractivity contribution in [2.24, 2.45) is 0 Å². The second-order valence-corrected chi connectivity index (χ2v) is 5.33. The number of pyridine rings is 1. The Morgan fingerprint density at radius 2 is 2.40 bits per heavy atom. The van der Waals surface area contributed by atoms with Crippen molar-refractivity contribution in [3.8, 4) is 0 Å². The number of aryl methyl sites for hydroxylation is 1. The number of hydrogen-bond acceptors (Lipinski definition) is 5. The molecule has 0 bridgehead atoms. The Balaban J connectivity index is 1.98. The van der Waals surface area contributed by atoms with Gasteiger partial charge in [-0.2, -0.15) is 0 Å². The fraction of sp³-hybridized carbons (Fsp3) is 0.667. The van der Waals surface area contributed by atoms with Crippen LogP contribution < -0.4 is 10.2 Å². The second kappa shape index (κ2) is 7.57. The lowest BCUT2D eigenvalue weighted by Gasteiger charge is -2.25. The van der Waals surface area contributed by atoms with Crippen molar-refractivity contribution in [3.05, 3.63) is 23.4 Å². The molecule has 20 heavy (non-hydrogen) atoms. The Hall–Kier alpha value is -1.17. The summed E-state index contributed by atoms with van der Waals surface area (Å²) in [5.74, 6) is 1.02. The summed E-state index contributed by atoms with van der Waals surface area (Å²) in [6.45, 7) is 5.66. The molecule has 0 amide bonds. The molecule has 0 aromatic carbocycles. The molecule has 112 valence electrons. The van der Waals surface area contributed by atoms with E-state index in [1.165, 1.54) is 11.1 Å². The van der Waals surface area contributed by atoms with Gasteiger partial charge in [0.2, 0.25) is 0 Å². The summed E-state index contributed by atoms with van der Waals surface area (Å²) in [6, 6.07) is 2.40. The lowest BCUT2D eigenvalue weighted by Crippen LogP contribution is -2.33. The fourth-order valence-corrected chi connectivity index (χ4v) is 2.73. The van der Waals surface area contributed by atoms with Gasteiger partial charge in [0.15, 0.2) is 0 Å². The van der Waals surface area contributed by atoms with Crippen LogP contribution in [0.4, 0.5) is 5.82 Å². The number of aliphatic hydroxyl groups is 1. The number of nitrogens with zero attached hydrogens (tertiary/aromatic N) is 2. The molecular formula is C15H25N3O2. The number of aromatic nitrogens is 1. The van der Waals surface area contributed by atoms with Gasteiger partial charge in [-0.3, -0.25) is 0 Å². The van der Waals surface area contributed by atoms with Crippen LogP contribution in [-0.4, -0.2) is 49.5 Å². The molecular weight excluding hydrogens is 254 g/mol. The van der Waals surface area contributed by atoms with E-state index in [1.54, 1.807) is 7.11 Å². The van der Waals surface area contributed by atoms with Gasteiger partial charge in [0.25, 0.3) is 0 Å². The topological polar surface area (TPSA) is 57.6 Å². The van der Waals surface area contributed by atoms with Crippen LogP contribution >= 0.6 is 0 Å². The van der Waals surface area contributed by atoms with E-state index in [9.17, 15) is 5.11 Å². The van der Waals surface area contributed by atoms with Crippen LogP contribution in [0.3, 0.4) is 0 Å². The Morgan fingerprint density at radius 1 is 1.55 bits per heavy atom. The summed E-state index contributed by atoms with van der Waals surface area (Å²) < 4.78 is 5.01. The van der Waals surface area contributed by atoms with Crippen LogP contribution in [0, 0.1) is 6.92 Å². The molecule has 1 aromatic heterocycles. The van der Waals surface area contributed by atoms with Crippen LogP contribution in [0.5, 0.6) is 0 Å². The molecule has 1 aromatic rings. The van der Waals surface area contributed by atoms with Gasteiger partial charge in [-0.05, 0) is 37.0 Å². The lowest BCUT2D eigenvalue weighted by molar-refractivity contribution is 0.199. The van der Waals surface area contributed by atoms with Gasteiger partial charge in [0.1, 0.15) is 5.82 Å². The number of anilines is 1. The van der Waals surface area contributed by atoms with E-state index in [0.29, 0.717) is 0 Å². The van der Waals surface area contributed by atoms with Gasteiger partial charge < -0.3 is 20.1 Å². The highest BCUT2D eigenvalue weighted by molar-refractivity contribution is 5.49. The predicted octanol–water partition coefficient (Wildman–Crippen LogP) is 1.09. The molecule has 2 heterocycles. The van der Waals surface area contributed by atoms with E-state index in [4.69, 9.17) is 4.74 Å². The highest BCUT2D eigenvalue weighted by Gasteiger charge is 2.25. The average Bonchev–Trinajstić information content (AvgIpc) is 2.92. The zero-order valence-corrected chi connectivity index (χ0v) is 12.4. The minimum Gasteiger partial charge on any atom is -0.394 e. The van der Waals surface area contributed by atoms with Crippen LogP contribution in [-0.2, 0) is 11.3 Å². The van der Waals surface area contributed by atoms with Gasteiger partial charge in [-0.15, -0.1) is 0 Å². The summed E-state index contributed by atoms with van der Waals surface area (Å²) in [6.07, 6.45) is 4.11. The van der Waals surface area contributed by atoms with E-state index >= 15 is 0 Å². The Morgan fingerprint density at radius 3 is 3.10 bits per heavy atom. The third-order valence-corrected chi connectivity index (χ3v) is 3.78. The van der Waals surface area contributed by atoms with Crippen LogP contribution in [0.2, 0.25) is 0 Å². The predicted molar refractivity (Wildman–Crippen MR) is 80.0 cm³/mol. The van der Waals surface area contributed by atoms with Gasteiger partial charge in [0, 0.05) is 32.9 Å². The molecule has 1 fully saturated rings. The first-order valence-corrected chi connectivity index (χ1v) is 7.29. The average molecular weight is 279 g/mol. The summed E-state index contributed by atoms with van der Waals surface area (Å²) in [7, 11) is 1.70. The minimum absolute atomic E-state index is 0.210. The van der Waals surface area contributed by atoms with Crippen molar-refractivity contribution in [1.29, 1.82) is 0 Å². The largest absolute Gasteiger partial charge is 0.394 e. The van der Waals surface area contributed by atoms with Crippen molar-refractivity contribution in [2.45, 2.75) is 32.4 Å². The van der Waals surface area contributed by atoms with Crippen LogP contribution in [0.1, 0.15) is 24.0 Å². The highest BCUT2D eigenvalue weighted by Crippen LogP contribution is 2.26. The van der Waals surface area contributed by atoms with Crippen molar-refractivity contribution in [1.82, 2.24) is 10.3 Å². The molecule has 5 nitrogen and oxygen atoms in total. The van der Waals surface area contributed by atoms with Gasteiger partial charge in [-0.1, -0.05) is 0 Å². The molecule has 0 saturated carbocycles. The first-order valence-electron chi connectivity index (χ1n) is 7.29. The summed E-state index contributed by atoms with van der Waals surface area (Å²) in [5.41, 5.74) is 2.36. The van der Waals surface area contributed by atoms with Crippen LogP contribution in [0.25, 0.3) is 0 Å². The summed E-state index contributed by atoms with van der Waals surface area (Å²) in [5, 5.41) is 12.7. The van der Waals surface area contributed by atoms with Gasteiger partial charge in [0.05, 0.1) is 19.3 Å².